The first-order chi connectivity index (χ1) is 20.0. The van der Waals surface area contributed by atoms with Crippen LogP contribution in [-0.4, -0.2) is 72.9 Å². The van der Waals surface area contributed by atoms with E-state index in [1.54, 1.807) is 30.3 Å². The highest BCUT2D eigenvalue weighted by Gasteiger charge is 2.33. The molecule has 0 radical (unpaired) electrons. The van der Waals surface area contributed by atoms with E-state index in [4.69, 9.17) is 25.8 Å². The Labute approximate surface area is 245 Å². The fourth-order valence-electron chi connectivity index (χ4n) is 5.69. The van der Waals surface area contributed by atoms with Crippen molar-refractivity contribution in [3.63, 3.8) is 0 Å². The van der Waals surface area contributed by atoms with E-state index >= 15 is 0 Å². The van der Waals surface area contributed by atoms with Crippen LogP contribution in [0.3, 0.4) is 0 Å². The summed E-state index contributed by atoms with van der Waals surface area (Å²) in [6.45, 7) is 4.76. The number of pyridine rings is 1. The van der Waals surface area contributed by atoms with Gasteiger partial charge in [0.2, 0.25) is 11.8 Å². The Morgan fingerprint density at radius 3 is 2.63 bits per heavy atom. The van der Waals surface area contributed by atoms with Gasteiger partial charge in [0.05, 0.1) is 12.0 Å². The second-order valence-corrected chi connectivity index (χ2v) is 11.2. The van der Waals surface area contributed by atoms with Gasteiger partial charge >= 0.3 is 0 Å². The third-order valence-electron chi connectivity index (χ3n) is 7.90. The van der Waals surface area contributed by atoms with E-state index in [9.17, 15) is 9.90 Å². The number of nitrogens with zero attached hydrogens (tertiary/aromatic N) is 3. The summed E-state index contributed by atoms with van der Waals surface area (Å²) < 4.78 is 17.3. The molecule has 2 saturated heterocycles. The third-order valence-corrected chi connectivity index (χ3v) is 8.15. The summed E-state index contributed by atoms with van der Waals surface area (Å²) in [6.07, 6.45) is 2.08. The number of rotatable bonds is 9. The average Bonchev–Trinajstić information content (AvgIpc) is 3.71. The maximum Gasteiger partial charge on any atom is 0.225 e. The fraction of sp³-hybridized carbons (Fsp3) is 0.419. The van der Waals surface area contributed by atoms with Crippen molar-refractivity contribution >= 4 is 23.3 Å². The van der Waals surface area contributed by atoms with Gasteiger partial charge in [0, 0.05) is 30.7 Å². The molecule has 41 heavy (non-hydrogen) atoms. The minimum atomic E-state index is -0.878. The average molecular weight is 579 g/mol. The number of hydrogen-bond donors (Lipinski definition) is 2. The van der Waals surface area contributed by atoms with Gasteiger partial charge in [-0.1, -0.05) is 23.7 Å². The molecule has 3 aromatic rings. The summed E-state index contributed by atoms with van der Waals surface area (Å²) in [5, 5.41) is 15.3. The highest BCUT2D eigenvalue weighted by Crippen LogP contribution is 2.34. The van der Waals surface area contributed by atoms with Crippen LogP contribution < -0.4 is 24.4 Å². The van der Waals surface area contributed by atoms with Gasteiger partial charge in [0.1, 0.15) is 30.9 Å². The molecule has 2 aromatic carbocycles. The molecule has 9 nitrogen and oxygen atoms in total. The van der Waals surface area contributed by atoms with Gasteiger partial charge in [-0.3, -0.25) is 4.79 Å². The van der Waals surface area contributed by atoms with E-state index in [1.165, 1.54) is 0 Å². The van der Waals surface area contributed by atoms with Crippen LogP contribution in [0.1, 0.15) is 30.9 Å². The summed E-state index contributed by atoms with van der Waals surface area (Å²) in [6, 6.07) is 17.8. The van der Waals surface area contributed by atoms with Gasteiger partial charge in [0.25, 0.3) is 0 Å². The van der Waals surface area contributed by atoms with E-state index in [1.807, 2.05) is 30.3 Å². The number of benzene rings is 2. The van der Waals surface area contributed by atoms with Crippen LogP contribution in [0.5, 0.6) is 23.1 Å². The Morgan fingerprint density at radius 1 is 1.05 bits per heavy atom. The number of aliphatic hydroxyl groups excluding tert-OH is 1. The lowest BCUT2D eigenvalue weighted by atomic mass is 9.99. The van der Waals surface area contributed by atoms with Gasteiger partial charge < -0.3 is 34.4 Å². The van der Waals surface area contributed by atoms with E-state index in [0.29, 0.717) is 73.0 Å². The normalized spacial score (nSPS) is 20.0. The lowest BCUT2D eigenvalue weighted by Crippen LogP contribution is -2.48. The molecule has 0 unspecified atom stereocenters. The quantitative estimate of drug-likeness (QED) is 0.385. The monoisotopic (exact) mass is 578 g/mol. The minimum absolute atomic E-state index is 0.0538. The van der Waals surface area contributed by atoms with Crippen LogP contribution in [0.25, 0.3) is 0 Å². The maximum absolute atomic E-state index is 13.5. The van der Waals surface area contributed by atoms with Gasteiger partial charge in [-0.05, 0) is 80.4 Å². The number of anilines is 1. The molecule has 3 aliphatic rings. The molecule has 4 heterocycles. The predicted molar refractivity (Wildman–Crippen MR) is 156 cm³/mol. The molecular formula is C31H35ClN4O5. The van der Waals surface area contributed by atoms with Crippen molar-refractivity contribution in [3.8, 4) is 23.1 Å². The Balaban J connectivity index is 1.11. The number of nitrogens with one attached hydrogen (secondary N) is 1. The van der Waals surface area contributed by atoms with Crippen molar-refractivity contribution in [1.29, 1.82) is 0 Å². The molecule has 0 saturated carbocycles. The summed E-state index contributed by atoms with van der Waals surface area (Å²) in [5.41, 5.74) is 0.702. The van der Waals surface area contributed by atoms with Crippen molar-refractivity contribution in [2.24, 2.45) is 5.92 Å². The number of aromatic nitrogens is 1. The third kappa shape index (κ3) is 6.69. The summed E-state index contributed by atoms with van der Waals surface area (Å²) in [4.78, 5) is 22.6. The van der Waals surface area contributed by atoms with E-state index in [0.717, 1.165) is 31.7 Å². The highest BCUT2D eigenvalue weighted by atomic mass is 35.5. The van der Waals surface area contributed by atoms with Crippen LogP contribution in [0.2, 0.25) is 5.02 Å². The predicted octanol–water partition coefficient (Wildman–Crippen LogP) is 4.44. The summed E-state index contributed by atoms with van der Waals surface area (Å²) in [5.74, 6) is 2.92. The Hall–Kier alpha value is -3.53. The van der Waals surface area contributed by atoms with Crippen molar-refractivity contribution < 1.29 is 24.1 Å². The number of hydrogen-bond acceptors (Lipinski definition) is 8. The molecule has 1 aromatic heterocycles. The molecule has 2 N–H and O–H groups in total. The maximum atomic E-state index is 13.5. The minimum Gasteiger partial charge on any atom is -0.486 e. The lowest BCUT2D eigenvalue weighted by molar-refractivity contribution is -0.126. The highest BCUT2D eigenvalue weighted by molar-refractivity contribution is 6.30. The van der Waals surface area contributed by atoms with E-state index < -0.39 is 12.1 Å². The first-order valence-electron chi connectivity index (χ1n) is 14.3. The lowest BCUT2D eigenvalue weighted by Gasteiger charge is -2.30. The van der Waals surface area contributed by atoms with Crippen LogP contribution in [0.15, 0.2) is 60.7 Å². The van der Waals surface area contributed by atoms with Gasteiger partial charge in [0.15, 0.2) is 11.5 Å². The Morgan fingerprint density at radius 2 is 1.83 bits per heavy atom. The molecule has 6 rings (SSSR count). The first kappa shape index (κ1) is 27.6. The number of ether oxygens (including phenoxy) is 3. The standard InChI is InChI=1S/C31H35ClN4O5/c32-23-7-9-24(10-8-23)41-29-5-3-4-28(34-29)36-15-12-22(19-36)31(38)33-25(20-35-13-1-2-14-35)30(37)21-6-11-26-27(18-21)40-17-16-39-26/h3-11,18,22,25,30,37H,1-2,12-17,19-20H2,(H,33,38)/t22-,25-,30-/m1/s1. The number of carbonyl (C=O) groups is 1. The Kier molecular flexibility index (Phi) is 8.46. The number of carbonyl (C=O) groups excluding carboxylic acids is 1. The molecule has 10 heteroatoms. The van der Waals surface area contributed by atoms with E-state index in [-0.39, 0.29) is 11.8 Å². The molecule has 0 aliphatic carbocycles. The van der Waals surface area contributed by atoms with Crippen molar-refractivity contribution in [3.05, 3.63) is 71.2 Å². The zero-order valence-electron chi connectivity index (χ0n) is 22.9. The van der Waals surface area contributed by atoms with Crippen molar-refractivity contribution in [2.75, 3.05) is 50.8 Å². The zero-order chi connectivity index (χ0) is 28.2. The summed E-state index contributed by atoms with van der Waals surface area (Å²) in [7, 11) is 0. The van der Waals surface area contributed by atoms with Crippen LogP contribution in [-0.2, 0) is 4.79 Å². The van der Waals surface area contributed by atoms with E-state index in [2.05, 4.69) is 20.1 Å². The fourth-order valence-corrected chi connectivity index (χ4v) is 5.81. The SMILES string of the molecule is O=C(N[C@H](CN1CCCC1)[C@H](O)c1ccc2c(c1)OCCO2)[C@@H]1CCN(c2cccc(Oc3ccc(Cl)cc3)n2)C1. The van der Waals surface area contributed by atoms with Crippen LogP contribution in [0.4, 0.5) is 5.82 Å². The van der Waals surface area contributed by atoms with Crippen molar-refractivity contribution in [2.45, 2.75) is 31.4 Å². The van der Waals surface area contributed by atoms with Gasteiger partial charge in [-0.25, -0.2) is 0 Å². The molecule has 3 atom stereocenters. The topological polar surface area (TPSA) is 96.4 Å². The zero-order valence-corrected chi connectivity index (χ0v) is 23.6. The number of amides is 1. The molecule has 3 aliphatic heterocycles. The number of fused-ring (bicyclic) bond motifs is 1. The molecular weight excluding hydrogens is 544 g/mol. The largest absolute Gasteiger partial charge is 0.486 e. The molecule has 2 fully saturated rings. The van der Waals surface area contributed by atoms with Gasteiger partial charge in [-0.2, -0.15) is 4.98 Å². The Bertz CT molecular complexity index is 1350. The summed E-state index contributed by atoms with van der Waals surface area (Å²) >= 11 is 5.98. The van der Waals surface area contributed by atoms with Crippen molar-refractivity contribution in [1.82, 2.24) is 15.2 Å². The second-order valence-electron chi connectivity index (χ2n) is 10.8. The molecule has 0 spiro atoms. The van der Waals surface area contributed by atoms with Crippen LogP contribution in [0, 0.1) is 5.92 Å². The van der Waals surface area contributed by atoms with Gasteiger partial charge in [-0.15, -0.1) is 0 Å². The molecule has 0 bridgehead atoms. The molecule has 216 valence electrons. The smallest absolute Gasteiger partial charge is 0.225 e. The first-order valence-corrected chi connectivity index (χ1v) is 14.7. The number of aliphatic hydroxyl groups is 1. The van der Waals surface area contributed by atoms with Crippen LogP contribution >= 0.6 is 11.6 Å². The second kappa shape index (κ2) is 12.5. The molecule has 1 amide bonds. The number of halogens is 1. The number of likely N-dealkylation sites (tertiary alicyclic amines) is 1.